The van der Waals surface area contributed by atoms with Gasteiger partial charge in [-0.2, -0.15) is 5.26 Å². The van der Waals surface area contributed by atoms with E-state index in [4.69, 9.17) is 10.00 Å². The Kier molecular flexibility index (Phi) is 7.20. The van der Waals surface area contributed by atoms with Gasteiger partial charge in [0.15, 0.2) is 0 Å². The molecular formula is C16H19N3O3. The van der Waals surface area contributed by atoms with E-state index in [1.54, 1.807) is 13.0 Å². The molecule has 1 unspecified atom stereocenters. The van der Waals surface area contributed by atoms with Crippen LogP contribution in [0.4, 0.5) is 0 Å². The molecule has 1 rings (SSSR count). The van der Waals surface area contributed by atoms with Crippen LogP contribution in [0, 0.1) is 11.3 Å². The molecule has 0 spiro atoms. The van der Waals surface area contributed by atoms with Crippen molar-refractivity contribution in [2.75, 3.05) is 13.2 Å². The van der Waals surface area contributed by atoms with Crippen LogP contribution in [0.5, 0.6) is 0 Å². The van der Waals surface area contributed by atoms with Gasteiger partial charge >= 0.3 is 5.97 Å². The van der Waals surface area contributed by atoms with E-state index in [0.29, 0.717) is 0 Å². The predicted molar refractivity (Wildman–Crippen MR) is 81.3 cm³/mol. The van der Waals surface area contributed by atoms with Crippen LogP contribution < -0.4 is 10.6 Å². The predicted octanol–water partition coefficient (Wildman–Crippen LogP) is 1.42. The summed E-state index contributed by atoms with van der Waals surface area (Å²) in [5, 5.41) is 14.3. The van der Waals surface area contributed by atoms with Gasteiger partial charge < -0.3 is 15.4 Å². The van der Waals surface area contributed by atoms with E-state index in [1.165, 1.54) is 6.20 Å². The normalized spacial score (nSPS) is 12.0. The number of carbonyl (C=O) groups is 2. The number of ether oxygens (including phenoxy) is 1. The Labute approximate surface area is 129 Å². The minimum atomic E-state index is -0.504. The van der Waals surface area contributed by atoms with Crippen molar-refractivity contribution in [1.82, 2.24) is 10.6 Å². The molecule has 116 valence electrons. The first-order chi connectivity index (χ1) is 10.6. The summed E-state index contributed by atoms with van der Waals surface area (Å²) >= 11 is 0. The van der Waals surface area contributed by atoms with E-state index in [1.807, 2.05) is 37.3 Å². The summed E-state index contributed by atoms with van der Waals surface area (Å²) < 4.78 is 4.73. The number of nitrogens with one attached hydrogen (secondary N) is 2. The van der Waals surface area contributed by atoms with Crippen LogP contribution in [0.1, 0.15) is 25.5 Å². The summed E-state index contributed by atoms with van der Waals surface area (Å²) in [6, 6.07) is 11.0. The Morgan fingerprint density at radius 1 is 1.36 bits per heavy atom. The third-order valence-electron chi connectivity index (χ3n) is 2.81. The zero-order chi connectivity index (χ0) is 16.4. The highest BCUT2D eigenvalue weighted by Gasteiger charge is 2.13. The summed E-state index contributed by atoms with van der Waals surface area (Å²) in [5.41, 5.74) is 0.833. The number of hydrogen-bond acceptors (Lipinski definition) is 5. The highest BCUT2D eigenvalue weighted by atomic mass is 16.5. The molecule has 6 nitrogen and oxygen atoms in total. The molecular weight excluding hydrogens is 282 g/mol. The van der Waals surface area contributed by atoms with Crippen molar-refractivity contribution in [3.63, 3.8) is 0 Å². The number of rotatable bonds is 7. The highest BCUT2D eigenvalue weighted by Crippen LogP contribution is 2.11. The lowest BCUT2D eigenvalue weighted by Gasteiger charge is -2.13. The van der Waals surface area contributed by atoms with Gasteiger partial charge in [-0.3, -0.25) is 9.59 Å². The molecule has 2 N–H and O–H groups in total. The van der Waals surface area contributed by atoms with Crippen molar-refractivity contribution >= 4 is 11.9 Å². The molecule has 0 saturated heterocycles. The maximum atomic E-state index is 12.0. The summed E-state index contributed by atoms with van der Waals surface area (Å²) in [6.07, 6.45) is 1.21. The summed E-state index contributed by atoms with van der Waals surface area (Å²) in [6.45, 7) is 3.71. The summed E-state index contributed by atoms with van der Waals surface area (Å²) in [5.74, 6) is -0.954. The van der Waals surface area contributed by atoms with Gasteiger partial charge in [-0.15, -0.1) is 0 Å². The highest BCUT2D eigenvalue weighted by molar-refractivity contribution is 5.97. The molecule has 1 aromatic carbocycles. The molecule has 1 amide bonds. The maximum Gasteiger partial charge on any atom is 0.325 e. The molecule has 0 fully saturated rings. The molecule has 0 bridgehead atoms. The molecule has 6 heteroatoms. The van der Waals surface area contributed by atoms with Gasteiger partial charge in [0.25, 0.3) is 5.91 Å². The first-order valence-electron chi connectivity index (χ1n) is 6.93. The minimum Gasteiger partial charge on any atom is -0.465 e. The summed E-state index contributed by atoms with van der Waals surface area (Å²) in [4.78, 5) is 23.1. The maximum absolute atomic E-state index is 12.0. The quantitative estimate of drug-likeness (QED) is 0.451. The van der Waals surface area contributed by atoms with E-state index in [9.17, 15) is 9.59 Å². The second-order valence-corrected chi connectivity index (χ2v) is 4.46. The number of amides is 1. The molecule has 22 heavy (non-hydrogen) atoms. The third-order valence-corrected chi connectivity index (χ3v) is 2.81. The van der Waals surface area contributed by atoms with Crippen molar-refractivity contribution < 1.29 is 14.3 Å². The fraction of sp³-hybridized carbons (Fsp3) is 0.312. The van der Waals surface area contributed by atoms with E-state index in [0.717, 1.165) is 5.56 Å². The molecule has 0 heterocycles. The zero-order valence-corrected chi connectivity index (χ0v) is 12.6. The van der Waals surface area contributed by atoms with Crippen LogP contribution in [-0.2, 0) is 14.3 Å². The largest absolute Gasteiger partial charge is 0.465 e. The molecule has 0 aliphatic rings. The van der Waals surface area contributed by atoms with Crippen LogP contribution in [0.15, 0.2) is 42.1 Å². The van der Waals surface area contributed by atoms with Crippen molar-refractivity contribution in [2.45, 2.75) is 19.9 Å². The monoisotopic (exact) mass is 301 g/mol. The Balaban J connectivity index is 2.57. The fourth-order valence-corrected chi connectivity index (χ4v) is 1.70. The van der Waals surface area contributed by atoms with Crippen molar-refractivity contribution in [1.29, 1.82) is 5.26 Å². The lowest BCUT2D eigenvalue weighted by Crippen LogP contribution is -2.29. The minimum absolute atomic E-state index is 0.0967. The smallest absolute Gasteiger partial charge is 0.325 e. The number of benzene rings is 1. The van der Waals surface area contributed by atoms with Crippen molar-refractivity contribution in [3.05, 3.63) is 47.7 Å². The molecule has 0 aliphatic heterocycles. The van der Waals surface area contributed by atoms with Gasteiger partial charge in [0, 0.05) is 6.20 Å². The first-order valence-corrected chi connectivity index (χ1v) is 6.93. The van der Waals surface area contributed by atoms with Gasteiger partial charge in [0.1, 0.15) is 18.2 Å². The van der Waals surface area contributed by atoms with Crippen LogP contribution in [0.3, 0.4) is 0 Å². The first kappa shape index (κ1) is 17.2. The Bertz CT molecular complexity index is 576. The molecule has 0 aromatic heterocycles. The Hall–Kier alpha value is -2.81. The van der Waals surface area contributed by atoms with E-state index >= 15 is 0 Å². The second kappa shape index (κ2) is 9.19. The lowest BCUT2D eigenvalue weighted by atomic mass is 10.1. The van der Waals surface area contributed by atoms with Crippen LogP contribution in [-0.4, -0.2) is 25.0 Å². The number of esters is 1. The standard InChI is InChI=1S/C16H19N3O3/c1-3-22-15(20)11-18-10-14(9-17)16(21)19-12(2)13-7-5-4-6-8-13/h4-8,10,12,18H,3,11H2,1-2H3,(H,19,21)/b14-10-. The molecule has 0 aliphatic carbocycles. The van der Waals surface area contributed by atoms with E-state index < -0.39 is 11.9 Å². The number of carbonyl (C=O) groups excluding carboxylic acids is 2. The Morgan fingerprint density at radius 2 is 2.05 bits per heavy atom. The van der Waals surface area contributed by atoms with Crippen LogP contribution >= 0.6 is 0 Å². The molecule has 1 atom stereocenters. The van der Waals surface area contributed by atoms with Gasteiger partial charge in [-0.05, 0) is 19.4 Å². The average molecular weight is 301 g/mol. The average Bonchev–Trinajstić information content (AvgIpc) is 2.52. The van der Waals surface area contributed by atoms with E-state index in [-0.39, 0.29) is 24.8 Å². The van der Waals surface area contributed by atoms with Crippen LogP contribution in [0.2, 0.25) is 0 Å². The third kappa shape index (κ3) is 5.67. The molecule has 0 radical (unpaired) electrons. The van der Waals surface area contributed by atoms with Gasteiger partial charge in [0.2, 0.25) is 0 Å². The van der Waals surface area contributed by atoms with Crippen LogP contribution in [0.25, 0.3) is 0 Å². The van der Waals surface area contributed by atoms with Crippen molar-refractivity contribution in [3.8, 4) is 6.07 Å². The topological polar surface area (TPSA) is 91.2 Å². The number of nitrogens with zero attached hydrogens (tertiary/aromatic N) is 1. The fourth-order valence-electron chi connectivity index (χ4n) is 1.70. The molecule has 0 saturated carbocycles. The summed E-state index contributed by atoms with van der Waals surface area (Å²) in [7, 11) is 0. The Morgan fingerprint density at radius 3 is 2.64 bits per heavy atom. The van der Waals surface area contributed by atoms with Gasteiger partial charge in [-0.25, -0.2) is 0 Å². The SMILES string of the molecule is CCOC(=O)CN/C=C(/C#N)C(=O)NC(C)c1ccccc1. The molecule has 1 aromatic rings. The lowest BCUT2D eigenvalue weighted by molar-refractivity contribution is -0.141. The van der Waals surface area contributed by atoms with Gasteiger partial charge in [0.05, 0.1) is 12.6 Å². The number of nitriles is 1. The van der Waals surface area contributed by atoms with E-state index in [2.05, 4.69) is 10.6 Å². The van der Waals surface area contributed by atoms with Crippen molar-refractivity contribution in [2.24, 2.45) is 0 Å². The van der Waals surface area contributed by atoms with Gasteiger partial charge in [-0.1, -0.05) is 30.3 Å². The second-order valence-electron chi connectivity index (χ2n) is 4.46. The number of hydrogen-bond donors (Lipinski definition) is 2. The zero-order valence-electron chi connectivity index (χ0n) is 12.6.